The number of rotatable bonds is 3. The molecule has 4 heteroatoms. The van der Waals surface area contributed by atoms with E-state index in [-0.39, 0.29) is 5.91 Å². The second-order valence-corrected chi connectivity index (χ2v) is 5.47. The normalized spacial score (nSPS) is 17.9. The molecular formula is C14H23N3O. The minimum Gasteiger partial charge on any atom is -0.354 e. The number of likely N-dealkylation sites (tertiary alicyclic amines) is 1. The van der Waals surface area contributed by atoms with Gasteiger partial charge in [-0.15, -0.1) is 0 Å². The maximum atomic E-state index is 12.0. The van der Waals surface area contributed by atoms with Crippen LogP contribution in [0, 0.1) is 19.8 Å². The van der Waals surface area contributed by atoms with Crippen molar-refractivity contribution in [2.45, 2.75) is 26.7 Å². The Kier molecular flexibility index (Phi) is 4.07. The van der Waals surface area contributed by atoms with Crippen LogP contribution >= 0.6 is 0 Å². The average Bonchev–Trinajstić information content (AvgIpc) is 2.67. The highest BCUT2D eigenvalue weighted by Crippen LogP contribution is 2.15. The van der Waals surface area contributed by atoms with Gasteiger partial charge in [-0.05, 0) is 64.4 Å². The van der Waals surface area contributed by atoms with Crippen LogP contribution in [0.15, 0.2) is 6.07 Å². The van der Waals surface area contributed by atoms with Crippen molar-refractivity contribution in [3.05, 3.63) is 23.0 Å². The third-order valence-electron chi connectivity index (χ3n) is 3.77. The van der Waals surface area contributed by atoms with E-state index in [9.17, 15) is 4.79 Å². The molecule has 0 saturated carbocycles. The summed E-state index contributed by atoms with van der Waals surface area (Å²) in [7, 11) is 2.15. The van der Waals surface area contributed by atoms with Crippen molar-refractivity contribution < 1.29 is 4.79 Å². The zero-order valence-corrected chi connectivity index (χ0v) is 11.5. The highest BCUT2D eigenvalue weighted by Gasteiger charge is 2.18. The number of amides is 1. The van der Waals surface area contributed by atoms with Crippen molar-refractivity contribution in [1.29, 1.82) is 0 Å². The number of hydrogen-bond donors (Lipinski definition) is 2. The standard InChI is InChI=1S/C14H23N3O/c1-10-8-11(2)16-13(10)14(18)15-9-12-4-6-17(3)7-5-12/h8,12,16H,4-7,9H2,1-3H3,(H,15,18). The number of carbonyl (C=O) groups is 1. The average molecular weight is 249 g/mol. The molecule has 0 radical (unpaired) electrons. The SMILES string of the molecule is Cc1cc(C)c(C(=O)NCC2CCN(C)CC2)[nH]1. The molecule has 2 N–H and O–H groups in total. The van der Waals surface area contributed by atoms with Gasteiger partial charge in [-0.25, -0.2) is 0 Å². The minimum absolute atomic E-state index is 0.0273. The van der Waals surface area contributed by atoms with E-state index in [1.807, 2.05) is 19.9 Å². The van der Waals surface area contributed by atoms with Crippen LogP contribution in [0.3, 0.4) is 0 Å². The lowest BCUT2D eigenvalue weighted by Gasteiger charge is -2.28. The molecule has 1 amide bonds. The van der Waals surface area contributed by atoms with Gasteiger partial charge in [-0.1, -0.05) is 0 Å². The Morgan fingerprint density at radius 2 is 2.11 bits per heavy atom. The molecule has 0 aliphatic carbocycles. The van der Waals surface area contributed by atoms with Crippen LogP contribution in [0.4, 0.5) is 0 Å². The zero-order chi connectivity index (χ0) is 13.1. The summed E-state index contributed by atoms with van der Waals surface area (Å²) in [6.45, 7) is 7.02. The molecule has 0 atom stereocenters. The van der Waals surface area contributed by atoms with Crippen molar-refractivity contribution >= 4 is 5.91 Å². The van der Waals surface area contributed by atoms with Crippen molar-refractivity contribution in [2.24, 2.45) is 5.92 Å². The Morgan fingerprint density at radius 1 is 1.44 bits per heavy atom. The summed E-state index contributed by atoms with van der Waals surface area (Å²) in [6, 6.07) is 2.00. The van der Waals surface area contributed by atoms with Crippen LogP contribution in [0.1, 0.15) is 34.6 Å². The smallest absolute Gasteiger partial charge is 0.267 e. The fourth-order valence-electron chi connectivity index (χ4n) is 2.56. The number of nitrogens with zero attached hydrogens (tertiary/aromatic N) is 1. The van der Waals surface area contributed by atoms with Gasteiger partial charge in [0.2, 0.25) is 0 Å². The maximum absolute atomic E-state index is 12.0. The molecule has 2 rings (SSSR count). The quantitative estimate of drug-likeness (QED) is 0.856. The molecule has 100 valence electrons. The number of carbonyl (C=O) groups excluding carboxylic acids is 1. The molecule has 1 saturated heterocycles. The second kappa shape index (κ2) is 5.57. The number of H-pyrrole nitrogens is 1. The summed E-state index contributed by atoms with van der Waals surface area (Å²) < 4.78 is 0. The molecule has 4 nitrogen and oxygen atoms in total. The number of hydrogen-bond acceptors (Lipinski definition) is 2. The topological polar surface area (TPSA) is 48.1 Å². The molecule has 0 aromatic carbocycles. The molecule has 18 heavy (non-hydrogen) atoms. The Hall–Kier alpha value is -1.29. The van der Waals surface area contributed by atoms with E-state index in [0.29, 0.717) is 11.6 Å². The van der Waals surface area contributed by atoms with Gasteiger partial charge in [0.15, 0.2) is 0 Å². The molecule has 1 aromatic rings. The Labute approximate surface area is 109 Å². The van der Waals surface area contributed by atoms with Gasteiger partial charge in [-0.3, -0.25) is 4.79 Å². The van der Waals surface area contributed by atoms with Crippen LogP contribution in [-0.4, -0.2) is 42.5 Å². The van der Waals surface area contributed by atoms with E-state index >= 15 is 0 Å². The fourth-order valence-corrected chi connectivity index (χ4v) is 2.56. The molecule has 1 aromatic heterocycles. The van der Waals surface area contributed by atoms with Crippen LogP contribution in [0.25, 0.3) is 0 Å². The van der Waals surface area contributed by atoms with E-state index in [0.717, 1.165) is 30.9 Å². The Balaban J connectivity index is 1.83. The molecule has 1 aliphatic heterocycles. The van der Waals surface area contributed by atoms with Crippen molar-refractivity contribution in [3.8, 4) is 0 Å². The summed E-state index contributed by atoms with van der Waals surface area (Å²) >= 11 is 0. The monoisotopic (exact) mass is 249 g/mol. The number of piperidine rings is 1. The van der Waals surface area contributed by atoms with E-state index in [4.69, 9.17) is 0 Å². The van der Waals surface area contributed by atoms with Gasteiger partial charge >= 0.3 is 0 Å². The first-order valence-electron chi connectivity index (χ1n) is 6.69. The first-order chi connectivity index (χ1) is 8.56. The third kappa shape index (κ3) is 3.13. The van der Waals surface area contributed by atoms with Gasteiger partial charge in [0, 0.05) is 12.2 Å². The largest absolute Gasteiger partial charge is 0.354 e. The third-order valence-corrected chi connectivity index (χ3v) is 3.77. The van der Waals surface area contributed by atoms with E-state index in [1.54, 1.807) is 0 Å². The van der Waals surface area contributed by atoms with Gasteiger partial charge in [-0.2, -0.15) is 0 Å². The van der Waals surface area contributed by atoms with E-state index in [1.165, 1.54) is 12.8 Å². The molecular weight excluding hydrogens is 226 g/mol. The molecule has 0 spiro atoms. The van der Waals surface area contributed by atoms with Gasteiger partial charge < -0.3 is 15.2 Å². The Morgan fingerprint density at radius 3 is 2.67 bits per heavy atom. The van der Waals surface area contributed by atoms with Gasteiger partial charge in [0.25, 0.3) is 5.91 Å². The van der Waals surface area contributed by atoms with Crippen LogP contribution in [0.5, 0.6) is 0 Å². The Bertz CT molecular complexity index is 417. The van der Waals surface area contributed by atoms with Gasteiger partial charge in [0.1, 0.15) is 5.69 Å². The molecule has 0 bridgehead atoms. The van der Waals surface area contributed by atoms with Crippen LogP contribution in [-0.2, 0) is 0 Å². The molecule has 0 unspecified atom stereocenters. The first-order valence-corrected chi connectivity index (χ1v) is 6.69. The van der Waals surface area contributed by atoms with Crippen LogP contribution in [0.2, 0.25) is 0 Å². The van der Waals surface area contributed by atoms with Crippen molar-refractivity contribution in [1.82, 2.24) is 15.2 Å². The van der Waals surface area contributed by atoms with Crippen LogP contribution < -0.4 is 5.32 Å². The number of aromatic amines is 1. The van der Waals surface area contributed by atoms with E-state index in [2.05, 4.69) is 22.2 Å². The lowest BCUT2D eigenvalue weighted by molar-refractivity contribution is 0.0934. The predicted octanol–water partition coefficient (Wildman–Crippen LogP) is 1.70. The summed E-state index contributed by atoms with van der Waals surface area (Å²) in [5.41, 5.74) is 2.77. The zero-order valence-electron chi connectivity index (χ0n) is 11.5. The summed E-state index contributed by atoms with van der Waals surface area (Å²) in [5.74, 6) is 0.654. The lowest BCUT2D eigenvalue weighted by Crippen LogP contribution is -2.37. The summed E-state index contributed by atoms with van der Waals surface area (Å²) in [6.07, 6.45) is 2.36. The molecule has 1 fully saturated rings. The minimum atomic E-state index is 0.0273. The molecule has 1 aliphatic rings. The number of aromatic nitrogens is 1. The fraction of sp³-hybridized carbons (Fsp3) is 0.643. The highest BCUT2D eigenvalue weighted by atomic mass is 16.1. The lowest BCUT2D eigenvalue weighted by atomic mass is 9.97. The van der Waals surface area contributed by atoms with Gasteiger partial charge in [0.05, 0.1) is 0 Å². The van der Waals surface area contributed by atoms with E-state index < -0.39 is 0 Å². The van der Waals surface area contributed by atoms with Crippen molar-refractivity contribution in [2.75, 3.05) is 26.7 Å². The number of nitrogens with one attached hydrogen (secondary N) is 2. The highest BCUT2D eigenvalue weighted by molar-refractivity contribution is 5.93. The molecule has 2 heterocycles. The van der Waals surface area contributed by atoms with Crippen molar-refractivity contribution in [3.63, 3.8) is 0 Å². The number of aryl methyl sites for hydroxylation is 2. The summed E-state index contributed by atoms with van der Waals surface area (Å²) in [4.78, 5) is 17.5. The second-order valence-electron chi connectivity index (χ2n) is 5.47. The predicted molar refractivity (Wildman–Crippen MR) is 72.8 cm³/mol. The maximum Gasteiger partial charge on any atom is 0.267 e. The first kappa shape index (κ1) is 13.1. The summed E-state index contributed by atoms with van der Waals surface area (Å²) in [5, 5.41) is 3.05.